The average molecular weight is 703 g/mol. The van der Waals surface area contributed by atoms with E-state index in [0.717, 1.165) is 50.1 Å². The maximum absolute atomic E-state index is 6.44. The maximum Gasteiger partial charge on any atom is 0.137 e. The highest BCUT2D eigenvalue weighted by molar-refractivity contribution is 6.12. The van der Waals surface area contributed by atoms with E-state index >= 15 is 0 Å². The van der Waals surface area contributed by atoms with E-state index in [1.807, 2.05) is 12.1 Å². The number of nitrogens with zero attached hydrogens (tertiary/aromatic N) is 2. The lowest BCUT2D eigenvalue weighted by Crippen LogP contribution is -2.10. The Hall–Kier alpha value is -7.36. The van der Waals surface area contributed by atoms with Crippen molar-refractivity contribution in [2.75, 3.05) is 4.90 Å². The third kappa shape index (κ3) is 5.05. The lowest BCUT2D eigenvalue weighted by atomic mass is 9.95. The van der Waals surface area contributed by atoms with Crippen LogP contribution in [0.4, 0.5) is 17.1 Å². The van der Waals surface area contributed by atoms with Gasteiger partial charge in [-0.15, -0.1) is 0 Å². The Bertz CT molecular complexity index is 3150. The van der Waals surface area contributed by atoms with Crippen LogP contribution >= 0.6 is 0 Å². The zero-order valence-electron chi connectivity index (χ0n) is 29.9. The molecular formula is C52H34N2O. The minimum absolute atomic E-state index is 0.866. The number of anilines is 3. The van der Waals surface area contributed by atoms with Crippen LogP contribution in [0.1, 0.15) is 0 Å². The van der Waals surface area contributed by atoms with Crippen molar-refractivity contribution in [1.29, 1.82) is 0 Å². The van der Waals surface area contributed by atoms with Crippen LogP contribution in [0.15, 0.2) is 211 Å². The van der Waals surface area contributed by atoms with E-state index < -0.39 is 0 Å². The van der Waals surface area contributed by atoms with Crippen molar-refractivity contribution in [2.45, 2.75) is 0 Å². The fourth-order valence-corrected chi connectivity index (χ4v) is 8.51. The van der Waals surface area contributed by atoms with Crippen LogP contribution in [0.3, 0.4) is 0 Å². The van der Waals surface area contributed by atoms with Gasteiger partial charge in [0.05, 0.1) is 22.4 Å². The molecule has 0 aliphatic carbocycles. The maximum atomic E-state index is 6.44. The van der Waals surface area contributed by atoms with Crippen LogP contribution in [0.2, 0.25) is 0 Å². The van der Waals surface area contributed by atoms with Crippen LogP contribution in [0, 0.1) is 0 Å². The van der Waals surface area contributed by atoms with E-state index in [4.69, 9.17) is 4.42 Å². The molecule has 0 N–H and O–H groups in total. The summed E-state index contributed by atoms with van der Waals surface area (Å²) in [5.41, 5.74) is 13.2. The molecule has 0 aliphatic rings. The molecule has 2 heterocycles. The van der Waals surface area contributed by atoms with Gasteiger partial charge in [-0.1, -0.05) is 146 Å². The molecule has 0 fully saturated rings. The first kappa shape index (κ1) is 31.2. The molecule has 0 aliphatic heterocycles. The van der Waals surface area contributed by atoms with Gasteiger partial charge in [0, 0.05) is 49.9 Å². The van der Waals surface area contributed by atoms with Crippen LogP contribution in [-0.2, 0) is 0 Å². The van der Waals surface area contributed by atoms with Gasteiger partial charge in [-0.3, -0.25) is 0 Å². The molecule has 0 unspecified atom stereocenters. The average Bonchev–Trinajstić information content (AvgIpc) is 3.80. The minimum atomic E-state index is 0.866. The minimum Gasteiger partial charge on any atom is -0.456 e. The van der Waals surface area contributed by atoms with Crippen molar-refractivity contribution in [3.8, 4) is 27.9 Å². The number of fused-ring (bicyclic) bond motifs is 7. The molecule has 9 aromatic carbocycles. The number of hydrogen-bond acceptors (Lipinski definition) is 2. The Morgan fingerprint density at radius 2 is 0.909 bits per heavy atom. The number of benzene rings is 9. The van der Waals surface area contributed by atoms with Gasteiger partial charge in [0.25, 0.3) is 0 Å². The summed E-state index contributed by atoms with van der Waals surface area (Å²) < 4.78 is 8.86. The number of para-hydroxylation sites is 4. The second-order valence-electron chi connectivity index (χ2n) is 14.1. The molecular weight excluding hydrogens is 669 g/mol. The number of rotatable bonds is 6. The van der Waals surface area contributed by atoms with Crippen molar-refractivity contribution in [1.82, 2.24) is 4.57 Å². The monoisotopic (exact) mass is 702 g/mol. The summed E-state index contributed by atoms with van der Waals surface area (Å²) >= 11 is 0. The molecule has 2 aromatic heterocycles. The Kier molecular flexibility index (Phi) is 7.17. The molecule has 0 saturated carbocycles. The second kappa shape index (κ2) is 12.6. The van der Waals surface area contributed by atoms with Crippen LogP contribution < -0.4 is 4.90 Å². The van der Waals surface area contributed by atoms with Crippen LogP contribution in [0.25, 0.3) is 82.5 Å². The first-order valence-corrected chi connectivity index (χ1v) is 18.8. The van der Waals surface area contributed by atoms with Crippen molar-refractivity contribution in [3.63, 3.8) is 0 Å². The highest BCUT2D eigenvalue weighted by Gasteiger charge is 2.21. The molecule has 3 nitrogen and oxygen atoms in total. The Morgan fingerprint density at radius 3 is 1.67 bits per heavy atom. The highest BCUT2D eigenvalue weighted by atomic mass is 16.3. The standard InChI is InChI=1S/C52H34N2O/c1-2-14-35(15-3-1)36-26-28-37(29-27-36)53(38-30-31-46-45-21-9-13-25-51(45)55-52(46)34-38)50-33-32-40(39-16-4-5-17-41(39)50)42-18-6-10-22-47(42)54-48-23-11-7-19-43(48)44-20-8-12-24-49(44)54/h1-34H. The largest absolute Gasteiger partial charge is 0.456 e. The predicted molar refractivity (Wildman–Crippen MR) is 231 cm³/mol. The van der Waals surface area contributed by atoms with E-state index in [1.165, 1.54) is 49.4 Å². The zero-order valence-corrected chi connectivity index (χ0v) is 29.9. The Balaban J connectivity index is 1.12. The smallest absolute Gasteiger partial charge is 0.137 e. The van der Waals surface area contributed by atoms with E-state index in [9.17, 15) is 0 Å². The number of hydrogen-bond donors (Lipinski definition) is 0. The van der Waals surface area contributed by atoms with Crippen molar-refractivity contribution < 1.29 is 4.42 Å². The van der Waals surface area contributed by atoms with Crippen LogP contribution in [0.5, 0.6) is 0 Å². The second-order valence-corrected chi connectivity index (χ2v) is 14.1. The van der Waals surface area contributed by atoms with E-state index in [0.29, 0.717) is 0 Å². The molecule has 0 spiro atoms. The van der Waals surface area contributed by atoms with Crippen molar-refractivity contribution in [3.05, 3.63) is 206 Å². The van der Waals surface area contributed by atoms with E-state index in [-0.39, 0.29) is 0 Å². The fourth-order valence-electron chi connectivity index (χ4n) is 8.51. The van der Waals surface area contributed by atoms with Crippen molar-refractivity contribution >= 4 is 71.6 Å². The van der Waals surface area contributed by atoms with Gasteiger partial charge in [-0.05, 0) is 76.7 Å². The fraction of sp³-hybridized carbons (Fsp3) is 0. The lowest BCUT2D eigenvalue weighted by Gasteiger charge is -2.28. The molecule has 258 valence electrons. The molecule has 0 amide bonds. The molecule has 3 heteroatoms. The van der Waals surface area contributed by atoms with Crippen molar-refractivity contribution in [2.24, 2.45) is 0 Å². The molecule has 0 bridgehead atoms. The summed E-state index contributed by atoms with van der Waals surface area (Å²) in [6.45, 7) is 0. The topological polar surface area (TPSA) is 21.3 Å². The normalized spacial score (nSPS) is 11.6. The molecule has 55 heavy (non-hydrogen) atoms. The summed E-state index contributed by atoms with van der Waals surface area (Å²) in [7, 11) is 0. The van der Waals surface area contributed by atoms with Crippen LogP contribution in [-0.4, -0.2) is 4.57 Å². The summed E-state index contributed by atoms with van der Waals surface area (Å²) in [5.74, 6) is 0. The van der Waals surface area contributed by atoms with E-state index in [2.05, 4.69) is 204 Å². The number of furan rings is 1. The first-order valence-electron chi connectivity index (χ1n) is 18.8. The summed E-state index contributed by atoms with van der Waals surface area (Å²) in [6.07, 6.45) is 0. The molecule has 11 aromatic rings. The van der Waals surface area contributed by atoms with Gasteiger partial charge in [-0.2, -0.15) is 0 Å². The van der Waals surface area contributed by atoms with Gasteiger partial charge >= 0.3 is 0 Å². The molecule has 0 atom stereocenters. The quantitative estimate of drug-likeness (QED) is 0.172. The third-order valence-corrected chi connectivity index (χ3v) is 11.0. The van der Waals surface area contributed by atoms with E-state index in [1.54, 1.807) is 0 Å². The molecule has 11 rings (SSSR count). The summed E-state index contributed by atoms with van der Waals surface area (Å²) in [6, 6.07) is 73.9. The molecule has 0 saturated heterocycles. The molecule has 0 radical (unpaired) electrons. The predicted octanol–water partition coefficient (Wildman–Crippen LogP) is 14.6. The summed E-state index contributed by atoms with van der Waals surface area (Å²) in [5, 5.41) is 7.09. The summed E-state index contributed by atoms with van der Waals surface area (Å²) in [4.78, 5) is 2.37. The van der Waals surface area contributed by atoms with Gasteiger partial charge in [0.15, 0.2) is 0 Å². The van der Waals surface area contributed by atoms with Gasteiger partial charge in [0.1, 0.15) is 11.2 Å². The van der Waals surface area contributed by atoms with Gasteiger partial charge in [0.2, 0.25) is 0 Å². The number of aromatic nitrogens is 1. The van der Waals surface area contributed by atoms with Gasteiger partial charge < -0.3 is 13.9 Å². The lowest BCUT2D eigenvalue weighted by molar-refractivity contribution is 0.669. The highest BCUT2D eigenvalue weighted by Crippen LogP contribution is 2.45. The Morgan fingerprint density at radius 1 is 0.345 bits per heavy atom. The first-order chi connectivity index (χ1) is 27.3. The zero-order chi connectivity index (χ0) is 36.3. The van der Waals surface area contributed by atoms with Gasteiger partial charge in [-0.25, -0.2) is 0 Å². The Labute approximate surface area is 318 Å². The SMILES string of the molecule is c1ccc(-c2ccc(N(c3ccc4c(c3)oc3ccccc34)c3ccc(-c4ccccc4-n4c5ccccc5c5ccccc54)c4ccccc34)cc2)cc1. The third-order valence-electron chi connectivity index (χ3n) is 11.0.